The van der Waals surface area contributed by atoms with E-state index >= 15 is 0 Å². The summed E-state index contributed by atoms with van der Waals surface area (Å²) in [4.78, 5) is 4.17. The summed E-state index contributed by atoms with van der Waals surface area (Å²) >= 11 is 6.03. The highest BCUT2D eigenvalue weighted by atomic mass is 35.5. The van der Waals surface area contributed by atoms with Crippen LogP contribution >= 0.6 is 11.6 Å². The van der Waals surface area contributed by atoms with E-state index in [-0.39, 0.29) is 6.04 Å². The molecule has 1 unspecified atom stereocenters. The van der Waals surface area contributed by atoms with Crippen LogP contribution in [-0.2, 0) is 13.6 Å². The Hall–Kier alpha value is -1.59. The van der Waals surface area contributed by atoms with E-state index in [0.717, 1.165) is 17.1 Å². The Labute approximate surface area is 117 Å². The number of nitrogens with zero attached hydrogens (tertiary/aromatic N) is 3. The van der Waals surface area contributed by atoms with Crippen LogP contribution in [0.3, 0.4) is 0 Å². The van der Waals surface area contributed by atoms with Gasteiger partial charge in [-0.2, -0.15) is 5.10 Å². The minimum Gasteiger partial charge on any atom is -0.496 e. The molecule has 1 heterocycles. The number of hydrogen-bond donors (Lipinski definition) is 1. The van der Waals surface area contributed by atoms with Crippen molar-refractivity contribution in [3.05, 3.63) is 40.9 Å². The first-order valence-corrected chi connectivity index (χ1v) is 6.39. The molecule has 0 fully saturated rings. The lowest BCUT2D eigenvalue weighted by Gasteiger charge is -2.17. The van der Waals surface area contributed by atoms with E-state index in [1.807, 2.05) is 25.2 Å². The topological polar surface area (TPSA) is 52.0 Å². The first-order chi connectivity index (χ1) is 9.11. The number of aryl methyl sites for hydroxylation is 1. The molecular weight excluding hydrogens is 264 g/mol. The molecule has 1 aromatic heterocycles. The summed E-state index contributed by atoms with van der Waals surface area (Å²) in [5, 5.41) is 8.11. The van der Waals surface area contributed by atoms with Crippen molar-refractivity contribution in [2.75, 3.05) is 7.11 Å². The molecule has 5 nitrogen and oxygen atoms in total. The summed E-state index contributed by atoms with van der Waals surface area (Å²) in [5.41, 5.74) is 1.03. The second-order valence-electron chi connectivity index (χ2n) is 4.29. The van der Waals surface area contributed by atoms with Crippen molar-refractivity contribution in [2.45, 2.75) is 19.5 Å². The summed E-state index contributed by atoms with van der Waals surface area (Å²) in [5.74, 6) is 1.70. The Morgan fingerprint density at radius 3 is 2.89 bits per heavy atom. The Kier molecular flexibility index (Phi) is 4.39. The van der Waals surface area contributed by atoms with Crippen LogP contribution in [0.2, 0.25) is 5.02 Å². The molecule has 0 spiro atoms. The van der Waals surface area contributed by atoms with Gasteiger partial charge in [-0.1, -0.05) is 11.6 Å². The van der Waals surface area contributed by atoms with Gasteiger partial charge < -0.3 is 10.1 Å². The number of benzene rings is 1. The van der Waals surface area contributed by atoms with Crippen LogP contribution in [0.4, 0.5) is 0 Å². The molecule has 1 N–H and O–H groups in total. The third kappa shape index (κ3) is 3.24. The standard InChI is InChI=1S/C13H17ClN4O/c1-9(15-7-13-16-8-17-18(13)2)11-6-10(14)4-5-12(11)19-3/h4-6,8-9,15H,7H2,1-3H3. The van der Waals surface area contributed by atoms with Crippen molar-refractivity contribution in [3.8, 4) is 5.75 Å². The smallest absolute Gasteiger partial charge is 0.140 e. The molecule has 2 rings (SSSR count). The van der Waals surface area contributed by atoms with E-state index in [1.54, 1.807) is 18.1 Å². The van der Waals surface area contributed by atoms with Gasteiger partial charge in [-0.15, -0.1) is 0 Å². The van der Waals surface area contributed by atoms with Crippen molar-refractivity contribution in [1.82, 2.24) is 20.1 Å². The van der Waals surface area contributed by atoms with Gasteiger partial charge in [0.05, 0.1) is 13.7 Å². The number of rotatable bonds is 5. The maximum atomic E-state index is 6.03. The van der Waals surface area contributed by atoms with E-state index in [9.17, 15) is 0 Å². The van der Waals surface area contributed by atoms with Crippen LogP contribution < -0.4 is 10.1 Å². The third-order valence-corrected chi connectivity index (χ3v) is 3.26. The van der Waals surface area contributed by atoms with Crippen LogP contribution in [0, 0.1) is 0 Å². The summed E-state index contributed by atoms with van der Waals surface area (Å²) in [6.07, 6.45) is 1.54. The Bertz CT molecular complexity index is 555. The van der Waals surface area contributed by atoms with Crippen LogP contribution in [0.1, 0.15) is 24.4 Å². The number of ether oxygens (including phenoxy) is 1. The fourth-order valence-electron chi connectivity index (χ4n) is 1.88. The van der Waals surface area contributed by atoms with Crippen molar-refractivity contribution >= 4 is 11.6 Å². The van der Waals surface area contributed by atoms with E-state index in [0.29, 0.717) is 11.6 Å². The highest BCUT2D eigenvalue weighted by molar-refractivity contribution is 6.30. The SMILES string of the molecule is COc1ccc(Cl)cc1C(C)NCc1ncnn1C. The number of methoxy groups -OCH3 is 1. The maximum Gasteiger partial charge on any atom is 0.140 e. The summed E-state index contributed by atoms with van der Waals surface area (Å²) in [7, 11) is 3.52. The highest BCUT2D eigenvalue weighted by Crippen LogP contribution is 2.28. The number of halogens is 1. The van der Waals surface area contributed by atoms with E-state index in [1.165, 1.54) is 0 Å². The van der Waals surface area contributed by atoms with Gasteiger partial charge >= 0.3 is 0 Å². The zero-order valence-corrected chi connectivity index (χ0v) is 12.0. The van der Waals surface area contributed by atoms with Gasteiger partial charge in [0.2, 0.25) is 0 Å². The molecule has 0 aliphatic rings. The Balaban J connectivity index is 2.09. The second-order valence-corrected chi connectivity index (χ2v) is 4.73. The van der Waals surface area contributed by atoms with Gasteiger partial charge in [-0.3, -0.25) is 4.68 Å². The minimum atomic E-state index is 0.102. The van der Waals surface area contributed by atoms with Gasteiger partial charge in [-0.05, 0) is 25.1 Å². The third-order valence-electron chi connectivity index (χ3n) is 3.03. The average Bonchev–Trinajstić information content (AvgIpc) is 2.81. The average molecular weight is 281 g/mol. The largest absolute Gasteiger partial charge is 0.496 e. The maximum absolute atomic E-state index is 6.03. The number of aromatic nitrogens is 3. The van der Waals surface area contributed by atoms with Gasteiger partial charge in [-0.25, -0.2) is 4.98 Å². The molecule has 0 aliphatic heterocycles. The van der Waals surface area contributed by atoms with E-state index < -0.39 is 0 Å². The van der Waals surface area contributed by atoms with Gasteiger partial charge in [0, 0.05) is 23.7 Å². The molecule has 0 saturated heterocycles. The molecule has 102 valence electrons. The lowest BCUT2D eigenvalue weighted by Crippen LogP contribution is -2.21. The number of hydrogen-bond acceptors (Lipinski definition) is 4. The van der Waals surface area contributed by atoms with Gasteiger partial charge in [0.15, 0.2) is 0 Å². The molecule has 0 amide bonds. The van der Waals surface area contributed by atoms with Crippen LogP contribution in [0.25, 0.3) is 0 Å². The lowest BCUT2D eigenvalue weighted by atomic mass is 10.1. The summed E-state index contributed by atoms with van der Waals surface area (Å²) < 4.78 is 7.10. The van der Waals surface area contributed by atoms with Crippen LogP contribution in [0.15, 0.2) is 24.5 Å². The molecule has 0 aliphatic carbocycles. The predicted octanol–water partition coefficient (Wildman–Crippen LogP) is 2.33. The van der Waals surface area contributed by atoms with Crippen LogP contribution in [0.5, 0.6) is 5.75 Å². The normalized spacial score (nSPS) is 12.4. The first-order valence-electron chi connectivity index (χ1n) is 6.01. The van der Waals surface area contributed by atoms with E-state index in [4.69, 9.17) is 16.3 Å². The molecule has 0 radical (unpaired) electrons. The molecule has 1 aromatic carbocycles. The quantitative estimate of drug-likeness (QED) is 0.913. The second kappa shape index (κ2) is 6.04. The lowest BCUT2D eigenvalue weighted by molar-refractivity contribution is 0.400. The van der Waals surface area contributed by atoms with Gasteiger partial charge in [0.25, 0.3) is 0 Å². The highest BCUT2D eigenvalue weighted by Gasteiger charge is 2.12. The van der Waals surface area contributed by atoms with Crippen molar-refractivity contribution in [3.63, 3.8) is 0 Å². The minimum absolute atomic E-state index is 0.102. The Morgan fingerprint density at radius 2 is 2.26 bits per heavy atom. The molecular formula is C13H17ClN4O. The first kappa shape index (κ1) is 13.8. The molecule has 19 heavy (non-hydrogen) atoms. The predicted molar refractivity (Wildman–Crippen MR) is 74.3 cm³/mol. The van der Waals surface area contributed by atoms with Crippen LogP contribution in [-0.4, -0.2) is 21.9 Å². The molecule has 0 saturated carbocycles. The zero-order chi connectivity index (χ0) is 13.8. The Morgan fingerprint density at radius 1 is 1.47 bits per heavy atom. The molecule has 0 bridgehead atoms. The van der Waals surface area contributed by atoms with E-state index in [2.05, 4.69) is 22.3 Å². The fraction of sp³-hybridized carbons (Fsp3) is 0.385. The molecule has 6 heteroatoms. The summed E-state index contributed by atoms with van der Waals surface area (Å²) in [6.45, 7) is 2.69. The van der Waals surface area contributed by atoms with Crippen molar-refractivity contribution in [2.24, 2.45) is 7.05 Å². The van der Waals surface area contributed by atoms with Gasteiger partial charge in [0.1, 0.15) is 17.9 Å². The van der Waals surface area contributed by atoms with Crippen molar-refractivity contribution in [1.29, 1.82) is 0 Å². The number of nitrogens with one attached hydrogen (secondary N) is 1. The molecule has 1 atom stereocenters. The fourth-order valence-corrected chi connectivity index (χ4v) is 2.06. The van der Waals surface area contributed by atoms with Crippen molar-refractivity contribution < 1.29 is 4.74 Å². The molecule has 2 aromatic rings. The zero-order valence-electron chi connectivity index (χ0n) is 11.2. The monoisotopic (exact) mass is 280 g/mol. The summed E-state index contributed by atoms with van der Waals surface area (Å²) in [6, 6.07) is 5.71.